The number of hydrogen-bond acceptors (Lipinski definition) is 2. The number of esters is 1. The van der Waals surface area contributed by atoms with E-state index in [1.165, 1.54) is 0 Å². The maximum absolute atomic E-state index is 10.4. The molecule has 0 spiro atoms. The molecule has 3 heteroatoms. The van der Waals surface area contributed by atoms with Crippen LogP contribution in [0.15, 0.2) is 0 Å². The molecule has 0 saturated carbocycles. The van der Waals surface area contributed by atoms with Gasteiger partial charge in [0.1, 0.15) is 0 Å². The van der Waals surface area contributed by atoms with Crippen molar-refractivity contribution in [2.24, 2.45) is 0 Å². The van der Waals surface area contributed by atoms with Crippen LogP contribution in [0, 0.1) is 0 Å². The maximum atomic E-state index is 10.4. The average Bonchev–Trinajstić information content (AvgIpc) is 1.68. The number of carbonyl (C=O) groups excluding carboxylic acids is 1. The van der Waals surface area contributed by atoms with Gasteiger partial charge in [-0.1, -0.05) is 6.92 Å². The van der Waals surface area contributed by atoms with Crippen molar-refractivity contribution in [2.75, 3.05) is 6.61 Å². The van der Waals surface area contributed by atoms with Crippen molar-refractivity contribution in [3.8, 4) is 0 Å². The fourth-order valence-corrected chi connectivity index (χ4v) is 0.437. The second-order valence-electron chi connectivity index (χ2n) is 1.56. The summed E-state index contributed by atoms with van der Waals surface area (Å²) < 4.78 is 4.64. The van der Waals surface area contributed by atoms with Gasteiger partial charge in [-0.3, -0.25) is 4.79 Å². The number of ether oxygens (including phenoxy) is 1. The van der Waals surface area contributed by atoms with Gasteiger partial charge >= 0.3 is 24.8 Å². The van der Waals surface area contributed by atoms with E-state index in [4.69, 9.17) is 0 Å². The van der Waals surface area contributed by atoms with E-state index < -0.39 is 0 Å². The van der Waals surface area contributed by atoms with Crippen LogP contribution in [0.4, 0.5) is 0 Å². The molecule has 0 aromatic heterocycles. The van der Waals surface area contributed by atoms with Crippen molar-refractivity contribution < 1.29 is 29.8 Å². The first-order valence-corrected chi connectivity index (χ1v) is 2.96. The first-order valence-electron chi connectivity index (χ1n) is 2.96. The second-order valence-corrected chi connectivity index (χ2v) is 1.56. The summed E-state index contributed by atoms with van der Waals surface area (Å²) in [6.07, 6.45) is 1.42. The van der Waals surface area contributed by atoms with Gasteiger partial charge in [-0.15, -0.1) is 0 Å². The molecule has 0 bridgehead atoms. The fourth-order valence-electron chi connectivity index (χ4n) is 0.437. The van der Waals surface area contributed by atoms with Gasteiger partial charge in [0.25, 0.3) is 0 Å². The molecule has 0 aliphatic heterocycles. The molecule has 0 amide bonds. The second kappa shape index (κ2) is 8.07. The molecule has 0 aromatic carbocycles. The number of carbonyl (C=O) groups is 1. The normalized spacial score (nSPS) is 7.78. The zero-order valence-corrected chi connectivity index (χ0v) is 6.44. The van der Waals surface area contributed by atoms with Crippen LogP contribution in [0.3, 0.4) is 0 Å². The molecular formula is C6H13LiO2. The van der Waals surface area contributed by atoms with Gasteiger partial charge in [0.2, 0.25) is 0 Å². The Kier molecular flexibility index (Phi) is 10.6. The predicted molar refractivity (Wildman–Crippen MR) is 32.7 cm³/mol. The van der Waals surface area contributed by atoms with Crippen molar-refractivity contribution in [3.63, 3.8) is 0 Å². The molecule has 50 valence electrons. The third-order valence-electron chi connectivity index (χ3n) is 0.759. The van der Waals surface area contributed by atoms with Crippen molar-refractivity contribution in [2.45, 2.75) is 26.7 Å². The summed E-state index contributed by atoms with van der Waals surface area (Å²) in [6, 6.07) is 0. The molecule has 0 N–H and O–H groups in total. The van der Waals surface area contributed by atoms with E-state index in [0.29, 0.717) is 13.0 Å². The molecule has 2 nitrogen and oxygen atoms in total. The standard InChI is InChI=1S/C6H12O2.Li.H/c1-3-5-6(7)8-4-2;;/h3-5H2,1-2H3;;/q;+1;-1. The van der Waals surface area contributed by atoms with E-state index >= 15 is 0 Å². The SMILES string of the molecule is CCCC(=O)OCC.[H-].[Li+]. The Bertz CT molecular complexity index is 70.1. The van der Waals surface area contributed by atoms with E-state index in [0.717, 1.165) is 6.42 Å². The number of hydrogen-bond donors (Lipinski definition) is 0. The quantitative estimate of drug-likeness (QED) is 0.337. The maximum Gasteiger partial charge on any atom is 1.00 e. The Labute approximate surface area is 69.6 Å². The van der Waals surface area contributed by atoms with Crippen LogP contribution < -0.4 is 18.9 Å². The summed E-state index contributed by atoms with van der Waals surface area (Å²) in [5, 5.41) is 0. The summed E-state index contributed by atoms with van der Waals surface area (Å²) in [5.41, 5.74) is 0. The van der Waals surface area contributed by atoms with Gasteiger partial charge in [-0.2, -0.15) is 0 Å². The summed E-state index contributed by atoms with van der Waals surface area (Å²) >= 11 is 0. The molecule has 0 saturated heterocycles. The van der Waals surface area contributed by atoms with Crippen LogP contribution in [-0.4, -0.2) is 12.6 Å². The van der Waals surface area contributed by atoms with Gasteiger partial charge in [0.15, 0.2) is 0 Å². The van der Waals surface area contributed by atoms with E-state index in [9.17, 15) is 4.79 Å². The predicted octanol–water partition coefficient (Wildman–Crippen LogP) is -1.53. The van der Waals surface area contributed by atoms with Crippen LogP contribution >= 0.6 is 0 Å². The molecule has 0 atom stereocenters. The van der Waals surface area contributed by atoms with Crippen molar-refractivity contribution >= 4 is 5.97 Å². The van der Waals surface area contributed by atoms with Crippen molar-refractivity contribution in [1.29, 1.82) is 0 Å². The zero-order valence-electron chi connectivity index (χ0n) is 7.44. The smallest absolute Gasteiger partial charge is 1.00 e. The minimum absolute atomic E-state index is 0. The third-order valence-corrected chi connectivity index (χ3v) is 0.759. The fraction of sp³-hybridized carbons (Fsp3) is 0.833. The number of rotatable bonds is 3. The minimum atomic E-state index is -0.0880. The Morgan fingerprint density at radius 3 is 2.44 bits per heavy atom. The molecule has 0 fully saturated rings. The topological polar surface area (TPSA) is 26.3 Å². The molecule has 0 aliphatic carbocycles. The molecular weight excluding hydrogens is 111 g/mol. The first-order chi connectivity index (χ1) is 3.81. The first kappa shape index (κ1) is 11.8. The largest absolute Gasteiger partial charge is 1.00 e. The average molecular weight is 124 g/mol. The van der Waals surface area contributed by atoms with Crippen LogP contribution in [0.5, 0.6) is 0 Å². The van der Waals surface area contributed by atoms with E-state index in [-0.39, 0.29) is 26.3 Å². The van der Waals surface area contributed by atoms with Crippen molar-refractivity contribution in [3.05, 3.63) is 0 Å². The summed E-state index contributed by atoms with van der Waals surface area (Å²) in [4.78, 5) is 10.4. The summed E-state index contributed by atoms with van der Waals surface area (Å²) in [7, 11) is 0. The van der Waals surface area contributed by atoms with Gasteiger partial charge in [0.05, 0.1) is 6.61 Å². The van der Waals surface area contributed by atoms with Crippen LogP contribution in [-0.2, 0) is 9.53 Å². The van der Waals surface area contributed by atoms with E-state index in [1.54, 1.807) is 0 Å². The molecule has 0 aromatic rings. The Morgan fingerprint density at radius 2 is 2.11 bits per heavy atom. The van der Waals surface area contributed by atoms with Crippen LogP contribution in [0.1, 0.15) is 28.1 Å². The molecule has 0 unspecified atom stereocenters. The van der Waals surface area contributed by atoms with Crippen molar-refractivity contribution in [1.82, 2.24) is 0 Å². The summed E-state index contributed by atoms with van der Waals surface area (Å²) in [5.74, 6) is -0.0880. The Balaban J connectivity index is -0.000000245. The third kappa shape index (κ3) is 8.07. The molecule has 9 heavy (non-hydrogen) atoms. The molecule has 0 radical (unpaired) electrons. The van der Waals surface area contributed by atoms with E-state index in [1.807, 2.05) is 13.8 Å². The minimum Gasteiger partial charge on any atom is -1.00 e. The molecule has 0 heterocycles. The van der Waals surface area contributed by atoms with Gasteiger partial charge in [-0.05, 0) is 13.3 Å². The van der Waals surface area contributed by atoms with Crippen LogP contribution in [0.2, 0.25) is 0 Å². The Hall–Kier alpha value is 0.0674. The molecule has 0 aliphatic rings. The van der Waals surface area contributed by atoms with Crippen LogP contribution in [0.25, 0.3) is 0 Å². The molecule has 0 rings (SSSR count). The van der Waals surface area contributed by atoms with Gasteiger partial charge in [0, 0.05) is 6.42 Å². The van der Waals surface area contributed by atoms with Gasteiger partial charge in [-0.25, -0.2) is 0 Å². The van der Waals surface area contributed by atoms with E-state index in [2.05, 4.69) is 4.74 Å². The summed E-state index contributed by atoms with van der Waals surface area (Å²) in [6.45, 7) is 4.27. The zero-order chi connectivity index (χ0) is 6.41. The monoisotopic (exact) mass is 124 g/mol. The Morgan fingerprint density at radius 1 is 1.56 bits per heavy atom. The van der Waals surface area contributed by atoms with Gasteiger partial charge < -0.3 is 6.16 Å².